The lowest BCUT2D eigenvalue weighted by molar-refractivity contribution is -0.502. The second-order valence-corrected chi connectivity index (χ2v) is 5.72. The van der Waals surface area contributed by atoms with Crippen molar-refractivity contribution in [2.75, 3.05) is 0 Å². The van der Waals surface area contributed by atoms with Gasteiger partial charge in [-0.1, -0.05) is 32.8 Å². The van der Waals surface area contributed by atoms with Crippen molar-refractivity contribution in [3.63, 3.8) is 0 Å². The molecule has 0 amide bonds. The summed E-state index contributed by atoms with van der Waals surface area (Å²) in [4.78, 5) is 11.2. The van der Waals surface area contributed by atoms with Crippen LogP contribution >= 0.6 is 0 Å². The Bertz CT molecular complexity index is 281. The Morgan fingerprint density at radius 1 is 1.28 bits per heavy atom. The minimum absolute atomic E-state index is 0.106. The molecule has 1 saturated heterocycles. The highest BCUT2D eigenvalue weighted by atomic mass is 17.2. The van der Waals surface area contributed by atoms with E-state index in [0.29, 0.717) is 0 Å². The first-order valence-corrected chi connectivity index (χ1v) is 7.34. The molecule has 1 heterocycles. The van der Waals surface area contributed by atoms with E-state index in [9.17, 15) is 0 Å². The Balaban J connectivity index is 2.01. The van der Waals surface area contributed by atoms with Crippen LogP contribution in [0.25, 0.3) is 0 Å². The van der Waals surface area contributed by atoms with Crippen molar-refractivity contribution in [3.8, 4) is 0 Å². The van der Waals surface area contributed by atoms with Crippen LogP contribution < -0.4 is 0 Å². The molecule has 2 fully saturated rings. The zero-order valence-electron chi connectivity index (χ0n) is 11.7. The summed E-state index contributed by atoms with van der Waals surface area (Å²) in [5, 5.41) is 0. The molecule has 3 heteroatoms. The molecule has 3 nitrogen and oxygen atoms in total. The smallest absolute Gasteiger partial charge is 0.201 e. The van der Waals surface area contributed by atoms with Gasteiger partial charge < -0.3 is 4.74 Å². The van der Waals surface area contributed by atoms with Gasteiger partial charge >= 0.3 is 0 Å². The van der Waals surface area contributed by atoms with Crippen LogP contribution in [-0.4, -0.2) is 18.0 Å². The van der Waals surface area contributed by atoms with Crippen LogP contribution in [0.2, 0.25) is 0 Å². The minimum Gasteiger partial charge on any atom is -0.341 e. The van der Waals surface area contributed by atoms with Gasteiger partial charge in [0.15, 0.2) is 0 Å². The Kier molecular flexibility index (Phi) is 4.82. The molecule has 0 bridgehead atoms. The van der Waals surface area contributed by atoms with E-state index in [0.717, 1.165) is 31.3 Å². The van der Waals surface area contributed by atoms with Gasteiger partial charge in [0, 0.05) is 12.8 Å². The monoisotopic (exact) mass is 254 g/mol. The molecule has 1 aliphatic heterocycles. The summed E-state index contributed by atoms with van der Waals surface area (Å²) in [5.74, 6) is -0.470. The third-order valence-electron chi connectivity index (χ3n) is 3.95. The van der Waals surface area contributed by atoms with Crippen LogP contribution in [0.3, 0.4) is 0 Å². The molecule has 2 rings (SSSR count). The van der Waals surface area contributed by atoms with Crippen LogP contribution in [-0.2, 0) is 14.5 Å². The topological polar surface area (TPSA) is 27.7 Å². The molecule has 18 heavy (non-hydrogen) atoms. The van der Waals surface area contributed by atoms with Gasteiger partial charge in [-0.15, -0.1) is 0 Å². The van der Waals surface area contributed by atoms with Crippen LogP contribution in [0.1, 0.15) is 65.2 Å². The van der Waals surface area contributed by atoms with Crippen molar-refractivity contribution in [2.45, 2.75) is 83.2 Å². The molecular formula is C15H26O3. The van der Waals surface area contributed by atoms with Crippen LogP contribution in [0.15, 0.2) is 12.2 Å². The second-order valence-electron chi connectivity index (χ2n) is 5.72. The third kappa shape index (κ3) is 3.14. The maximum absolute atomic E-state index is 6.28. The molecule has 104 valence electrons. The highest BCUT2D eigenvalue weighted by Gasteiger charge is 2.45. The number of rotatable bonds is 4. The molecule has 1 aliphatic carbocycles. The first-order valence-electron chi connectivity index (χ1n) is 7.34. The molecule has 2 atom stereocenters. The predicted molar refractivity (Wildman–Crippen MR) is 71.0 cm³/mol. The van der Waals surface area contributed by atoms with E-state index in [1.54, 1.807) is 0 Å². The van der Waals surface area contributed by atoms with Gasteiger partial charge in [0.05, 0.1) is 6.10 Å². The maximum atomic E-state index is 6.28. The van der Waals surface area contributed by atoms with Crippen molar-refractivity contribution in [2.24, 2.45) is 0 Å². The normalized spacial score (nSPS) is 31.4. The highest BCUT2D eigenvalue weighted by molar-refractivity contribution is 5.03. The molecule has 1 saturated carbocycles. The van der Waals surface area contributed by atoms with Crippen LogP contribution in [0.5, 0.6) is 0 Å². The Morgan fingerprint density at radius 2 is 2.00 bits per heavy atom. The minimum atomic E-state index is -0.470. The summed E-state index contributed by atoms with van der Waals surface area (Å²) in [6, 6.07) is 0. The molecule has 0 N–H and O–H groups in total. The maximum Gasteiger partial charge on any atom is 0.201 e. The van der Waals surface area contributed by atoms with Gasteiger partial charge in [0.1, 0.15) is 6.10 Å². The summed E-state index contributed by atoms with van der Waals surface area (Å²) in [7, 11) is 0. The van der Waals surface area contributed by atoms with Crippen molar-refractivity contribution >= 4 is 0 Å². The lowest BCUT2D eigenvalue weighted by Crippen LogP contribution is -2.51. The van der Waals surface area contributed by atoms with Gasteiger partial charge in [0.25, 0.3) is 0 Å². The predicted octanol–water partition coefficient (Wildman–Crippen LogP) is 4.13. The molecule has 2 aliphatic rings. The average Bonchev–Trinajstić information content (AvgIpc) is 2.37. The fourth-order valence-corrected chi connectivity index (χ4v) is 2.87. The molecule has 0 unspecified atom stereocenters. The van der Waals surface area contributed by atoms with Crippen molar-refractivity contribution in [1.82, 2.24) is 0 Å². The van der Waals surface area contributed by atoms with Crippen molar-refractivity contribution in [3.05, 3.63) is 12.2 Å². The fourth-order valence-electron chi connectivity index (χ4n) is 2.87. The second kappa shape index (κ2) is 6.18. The molecular weight excluding hydrogens is 228 g/mol. The zero-order chi connectivity index (χ0) is 13.0. The highest BCUT2D eigenvalue weighted by Crippen LogP contribution is 2.40. The van der Waals surface area contributed by atoms with E-state index >= 15 is 0 Å². The van der Waals surface area contributed by atoms with E-state index in [1.165, 1.54) is 25.7 Å². The summed E-state index contributed by atoms with van der Waals surface area (Å²) < 4.78 is 6.28. The van der Waals surface area contributed by atoms with E-state index in [2.05, 4.69) is 13.5 Å². The number of unbranched alkanes of at least 4 members (excludes halogenated alkanes) is 1. The lowest BCUT2D eigenvalue weighted by Gasteiger charge is -2.45. The van der Waals surface area contributed by atoms with E-state index in [4.69, 9.17) is 14.5 Å². The van der Waals surface area contributed by atoms with Crippen molar-refractivity contribution < 1.29 is 14.5 Å². The SMILES string of the molecule is C=C(C)[C@H]1OOC2(CCCCC2)O[C@@H]1CCCC. The van der Waals surface area contributed by atoms with Gasteiger partial charge in [0.2, 0.25) is 5.79 Å². The van der Waals surface area contributed by atoms with Crippen LogP contribution in [0, 0.1) is 0 Å². The van der Waals surface area contributed by atoms with E-state index in [-0.39, 0.29) is 12.2 Å². The fraction of sp³-hybridized carbons (Fsp3) is 0.867. The quantitative estimate of drug-likeness (QED) is 0.557. The number of ether oxygens (including phenoxy) is 1. The Hall–Kier alpha value is -0.380. The first-order chi connectivity index (χ1) is 8.67. The van der Waals surface area contributed by atoms with Crippen LogP contribution in [0.4, 0.5) is 0 Å². The van der Waals surface area contributed by atoms with Gasteiger partial charge in [-0.2, -0.15) is 0 Å². The number of hydrogen-bond acceptors (Lipinski definition) is 3. The summed E-state index contributed by atoms with van der Waals surface area (Å²) >= 11 is 0. The first kappa shape index (κ1) is 14.0. The summed E-state index contributed by atoms with van der Waals surface area (Å²) in [5.41, 5.74) is 0.988. The van der Waals surface area contributed by atoms with Gasteiger partial charge in [-0.25, -0.2) is 9.78 Å². The lowest BCUT2D eigenvalue weighted by atomic mass is 9.92. The van der Waals surface area contributed by atoms with Crippen molar-refractivity contribution in [1.29, 1.82) is 0 Å². The largest absolute Gasteiger partial charge is 0.341 e. The van der Waals surface area contributed by atoms with Gasteiger partial charge in [-0.05, 0) is 31.8 Å². The molecule has 0 aromatic rings. The molecule has 0 radical (unpaired) electrons. The summed E-state index contributed by atoms with van der Waals surface area (Å²) in [6.45, 7) is 8.17. The standard InChI is InChI=1S/C15H26O3/c1-4-5-9-13-14(12(2)3)17-18-15(16-13)10-7-6-8-11-15/h13-14H,2,4-11H2,1,3H3/t13-,14-/m1/s1. The average molecular weight is 254 g/mol. The molecule has 0 aromatic carbocycles. The zero-order valence-corrected chi connectivity index (χ0v) is 11.7. The number of hydrogen-bond donors (Lipinski definition) is 0. The Labute approximate surface area is 110 Å². The van der Waals surface area contributed by atoms with E-state index < -0.39 is 5.79 Å². The third-order valence-corrected chi connectivity index (χ3v) is 3.95. The summed E-state index contributed by atoms with van der Waals surface area (Å²) in [6.07, 6.45) is 8.89. The van der Waals surface area contributed by atoms with Gasteiger partial charge in [-0.3, -0.25) is 0 Å². The Morgan fingerprint density at radius 3 is 2.61 bits per heavy atom. The molecule has 0 aromatic heterocycles. The van der Waals surface area contributed by atoms with E-state index in [1.807, 2.05) is 6.92 Å². The molecule has 1 spiro atoms.